The Morgan fingerprint density at radius 2 is 1.88 bits per heavy atom. The normalized spacial score (nSPS) is 25.6. The fourth-order valence-electron chi connectivity index (χ4n) is 5.54. The van der Waals surface area contributed by atoms with Gasteiger partial charge in [-0.05, 0) is 24.7 Å². The van der Waals surface area contributed by atoms with E-state index in [2.05, 4.69) is 12.2 Å². The number of piperidine rings is 1. The van der Waals surface area contributed by atoms with Gasteiger partial charge in [-0.1, -0.05) is 6.92 Å². The number of amides is 2. The standard InChI is InChI=1S/C22H20F3N3O4/c1-9-2-11-5-12(9)17-8-27-7-14(19(29)20(30)18(27)22(32)28(11)17)21(31)26-6-13-15(24)3-10(23)4-16(13)25/h3-4,7,9,11-12,17,30H,2,5-6,8H2,1H3,(H,26,31)/t9-,11+,12+,17-/m1/s1. The number of hydrogen-bond donors (Lipinski definition) is 2. The summed E-state index contributed by atoms with van der Waals surface area (Å²) in [5.41, 5.74) is -2.22. The van der Waals surface area contributed by atoms with Crippen LogP contribution in [0.2, 0.25) is 0 Å². The molecule has 4 atom stereocenters. The maximum absolute atomic E-state index is 13.8. The zero-order valence-electron chi connectivity index (χ0n) is 17.1. The number of hydrogen-bond acceptors (Lipinski definition) is 4. The first-order valence-corrected chi connectivity index (χ1v) is 10.4. The lowest BCUT2D eigenvalue weighted by Crippen LogP contribution is -2.53. The van der Waals surface area contributed by atoms with Gasteiger partial charge in [-0.3, -0.25) is 14.4 Å². The lowest BCUT2D eigenvalue weighted by molar-refractivity contribution is 0.0416. The molecular formula is C22H20F3N3O4. The molecule has 0 radical (unpaired) electrons. The number of halogens is 3. The molecule has 2 fully saturated rings. The van der Waals surface area contributed by atoms with Crippen LogP contribution < -0.4 is 10.7 Å². The van der Waals surface area contributed by atoms with Crippen LogP contribution in [0.15, 0.2) is 23.1 Å². The van der Waals surface area contributed by atoms with Gasteiger partial charge in [-0.2, -0.15) is 0 Å². The summed E-state index contributed by atoms with van der Waals surface area (Å²) in [6.45, 7) is 1.84. The van der Waals surface area contributed by atoms with Crippen LogP contribution in [0.1, 0.15) is 46.2 Å². The van der Waals surface area contributed by atoms with Crippen LogP contribution in [0, 0.1) is 29.3 Å². The van der Waals surface area contributed by atoms with Gasteiger partial charge in [0, 0.05) is 43.0 Å². The molecule has 2 amide bonds. The number of aromatic nitrogens is 1. The van der Waals surface area contributed by atoms with Gasteiger partial charge in [-0.15, -0.1) is 0 Å². The molecule has 5 rings (SSSR count). The summed E-state index contributed by atoms with van der Waals surface area (Å²) in [4.78, 5) is 40.0. The maximum Gasteiger partial charge on any atom is 0.275 e. The molecule has 2 bridgehead atoms. The van der Waals surface area contributed by atoms with Gasteiger partial charge in [-0.25, -0.2) is 13.2 Å². The van der Waals surface area contributed by atoms with Gasteiger partial charge in [0.1, 0.15) is 23.0 Å². The van der Waals surface area contributed by atoms with Crippen LogP contribution in [0.4, 0.5) is 13.2 Å². The van der Waals surface area contributed by atoms with Gasteiger partial charge in [0.05, 0.1) is 6.04 Å². The topological polar surface area (TPSA) is 91.6 Å². The molecular weight excluding hydrogens is 427 g/mol. The van der Waals surface area contributed by atoms with Crippen molar-refractivity contribution < 1.29 is 27.9 Å². The lowest BCUT2D eigenvalue weighted by Gasteiger charge is -2.42. The van der Waals surface area contributed by atoms with Crippen molar-refractivity contribution in [2.75, 3.05) is 0 Å². The number of pyridine rings is 1. The molecule has 7 nitrogen and oxygen atoms in total. The van der Waals surface area contributed by atoms with E-state index in [-0.39, 0.29) is 17.8 Å². The maximum atomic E-state index is 13.8. The number of fused-ring (bicyclic) bond motifs is 6. The van der Waals surface area contributed by atoms with E-state index >= 15 is 0 Å². The van der Waals surface area contributed by atoms with Crippen molar-refractivity contribution in [1.29, 1.82) is 0 Å². The largest absolute Gasteiger partial charge is 0.503 e. The highest BCUT2D eigenvalue weighted by Crippen LogP contribution is 2.48. The number of carbonyl (C=O) groups is 2. The van der Waals surface area contributed by atoms with Crippen molar-refractivity contribution in [1.82, 2.24) is 14.8 Å². The quantitative estimate of drug-likeness (QED) is 0.755. The van der Waals surface area contributed by atoms with E-state index in [0.717, 1.165) is 12.8 Å². The van der Waals surface area contributed by atoms with Crippen LogP contribution in [0.3, 0.4) is 0 Å². The molecule has 10 heteroatoms. The third-order valence-electron chi connectivity index (χ3n) is 7.02. The van der Waals surface area contributed by atoms with Crippen molar-refractivity contribution >= 4 is 11.8 Å². The van der Waals surface area contributed by atoms with E-state index in [4.69, 9.17) is 0 Å². The van der Waals surface area contributed by atoms with Crippen molar-refractivity contribution in [3.05, 3.63) is 62.8 Å². The molecule has 1 saturated heterocycles. The molecule has 0 spiro atoms. The molecule has 3 aliphatic rings. The monoisotopic (exact) mass is 447 g/mol. The summed E-state index contributed by atoms with van der Waals surface area (Å²) in [5, 5.41) is 12.7. The van der Waals surface area contributed by atoms with Crippen LogP contribution in [-0.2, 0) is 13.1 Å². The average Bonchev–Trinajstić information content (AvgIpc) is 3.26. The Bertz CT molecular complexity index is 1200. The first-order chi connectivity index (χ1) is 15.2. The van der Waals surface area contributed by atoms with E-state index in [0.29, 0.717) is 30.5 Å². The Kier molecular flexibility index (Phi) is 4.58. The number of aromatic hydroxyl groups is 1. The smallest absolute Gasteiger partial charge is 0.275 e. The number of rotatable bonds is 3. The van der Waals surface area contributed by atoms with Crippen LogP contribution >= 0.6 is 0 Å². The summed E-state index contributed by atoms with van der Waals surface area (Å²) < 4.78 is 42.1. The Morgan fingerprint density at radius 1 is 1.19 bits per heavy atom. The summed E-state index contributed by atoms with van der Waals surface area (Å²) in [5.74, 6) is -4.92. The van der Waals surface area contributed by atoms with Crippen molar-refractivity contribution in [2.45, 2.75) is 44.9 Å². The molecule has 2 N–H and O–H groups in total. The number of nitrogens with one attached hydrogen (secondary N) is 1. The molecule has 32 heavy (non-hydrogen) atoms. The molecule has 2 aliphatic heterocycles. The Labute approximate surface area is 180 Å². The van der Waals surface area contributed by atoms with Gasteiger partial charge >= 0.3 is 0 Å². The Balaban J connectivity index is 1.45. The van der Waals surface area contributed by atoms with Crippen molar-refractivity contribution in [2.24, 2.45) is 11.8 Å². The number of carbonyl (C=O) groups excluding carboxylic acids is 2. The molecule has 0 unspecified atom stereocenters. The highest BCUT2D eigenvalue weighted by Gasteiger charge is 2.54. The van der Waals surface area contributed by atoms with Gasteiger partial charge < -0.3 is 19.9 Å². The van der Waals surface area contributed by atoms with E-state index in [9.17, 15) is 32.7 Å². The number of nitrogens with zero attached hydrogens (tertiary/aromatic N) is 2. The molecule has 168 valence electrons. The van der Waals surface area contributed by atoms with Crippen LogP contribution in [0.5, 0.6) is 5.75 Å². The van der Waals surface area contributed by atoms with Gasteiger partial charge in [0.25, 0.3) is 11.8 Å². The summed E-state index contributed by atoms with van der Waals surface area (Å²) >= 11 is 0. The Morgan fingerprint density at radius 3 is 2.56 bits per heavy atom. The summed E-state index contributed by atoms with van der Waals surface area (Å²) in [6, 6.07) is 0.971. The van der Waals surface area contributed by atoms with E-state index in [1.807, 2.05) is 0 Å². The minimum Gasteiger partial charge on any atom is -0.503 e. The molecule has 1 aromatic carbocycles. The zero-order chi connectivity index (χ0) is 22.9. The van der Waals surface area contributed by atoms with E-state index in [1.54, 1.807) is 4.90 Å². The first-order valence-electron chi connectivity index (χ1n) is 10.4. The SMILES string of the molecule is C[C@@H]1C[C@H]2C[C@@H]1[C@H]1Cn3cc(C(=O)NCc4c(F)cc(F)cc4F)c(=O)c(O)c3C(=O)N21. The minimum absolute atomic E-state index is 0.0797. The van der Waals surface area contributed by atoms with Gasteiger partial charge in [0.2, 0.25) is 5.43 Å². The fraction of sp³-hybridized carbons (Fsp3) is 0.409. The third-order valence-corrected chi connectivity index (χ3v) is 7.02. The summed E-state index contributed by atoms with van der Waals surface area (Å²) in [7, 11) is 0. The predicted molar refractivity (Wildman–Crippen MR) is 105 cm³/mol. The average molecular weight is 447 g/mol. The first kappa shape index (κ1) is 20.6. The molecule has 2 aromatic rings. The van der Waals surface area contributed by atoms with Crippen molar-refractivity contribution in [3.63, 3.8) is 0 Å². The summed E-state index contributed by atoms with van der Waals surface area (Å²) in [6.07, 6.45) is 2.96. The predicted octanol–water partition coefficient (Wildman–Crippen LogP) is 2.15. The highest BCUT2D eigenvalue weighted by molar-refractivity contribution is 5.99. The molecule has 1 aliphatic carbocycles. The zero-order valence-corrected chi connectivity index (χ0v) is 17.1. The second kappa shape index (κ2) is 7.11. The van der Waals surface area contributed by atoms with Crippen LogP contribution in [-0.4, -0.2) is 38.5 Å². The lowest BCUT2D eigenvalue weighted by atomic mass is 9.87. The van der Waals surface area contributed by atoms with E-state index < -0.39 is 58.1 Å². The highest BCUT2D eigenvalue weighted by atomic mass is 19.1. The minimum atomic E-state index is -1.18. The molecule has 3 heterocycles. The van der Waals surface area contributed by atoms with Crippen LogP contribution in [0.25, 0.3) is 0 Å². The molecule has 1 aromatic heterocycles. The fourth-order valence-corrected chi connectivity index (χ4v) is 5.54. The van der Waals surface area contributed by atoms with E-state index in [1.165, 1.54) is 10.8 Å². The second-order valence-electron chi connectivity index (χ2n) is 8.80. The number of benzene rings is 1. The molecule has 1 saturated carbocycles. The second-order valence-corrected chi connectivity index (χ2v) is 8.80. The third kappa shape index (κ3) is 2.92. The van der Waals surface area contributed by atoms with Crippen molar-refractivity contribution in [3.8, 4) is 5.75 Å². The Hall–Kier alpha value is -3.30. The van der Waals surface area contributed by atoms with Gasteiger partial charge in [0.15, 0.2) is 11.4 Å².